The quantitative estimate of drug-likeness (QED) is 0.507. The lowest BCUT2D eigenvalue weighted by Crippen LogP contribution is -2.07. The number of ether oxygens (including phenoxy) is 1. The van der Waals surface area contributed by atoms with Gasteiger partial charge in [-0.2, -0.15) is 0 Å². The average molecular weight is 293 g/mol. The minimum Gasteiger partial charge on any atom is -0.478 e. The summed E-state index contributed by atoms with van der Waals surface area (Å²) >= 11 is 2.06. The van der Waals surface area contributed by atoms with Gasteiger partial charge in [0.05, 0.1) is 12.2 Å². The maximum Gasteiger partial charge on any atom is 0.216 e. The van der Waals surface area contributed by atoms with E-state index in [-0.39, 0.29) is 11.5 Å². The third-order valence-electron chi connectivity index (χ3n) is 1.46. The van der Waals surface area contributed by atoms with Crippen molar-refractivity contribution >= 4 is 28.5 Å². The van der Waals surface area contributed by atoms with Gasteiger partial charge in [-0.15, -0.1) is 0 Å². The van der Waals surface area contributed by atoms with Gasteiger partial charge in [-0.3, -0.25) is 5.41 Å². The monoisotopic (exact) mass is 293 g/mol. The molecule has 1 rings (SSSR count). The van der Waals surface area contributed by atoms with Crippen molar-refractivity contribution in [1.29, 1.82) is 5.41 Å². The van der Waals surface area contributed by atoms with Gasteiger partial charge in [-0.05, 0) is 47.7 Å². The molecule has 0 bridgehead atoms. The first-order chi connectivity index (χ1) is 6.15. The second kappa shape index (κ2) is 4.55. The Morgan fingerprint density at radius 1 is 1.62 bits per heavy atom. The average Bonchev–Trinajstić information content (AvgIpc) is 2.09. The van der Waals surface area contributed by atoms with Crippen molar-refractivity contribution in [2.75, 3.05) is 6.61 Å². The minimum atomic E-state index is -0.418. The van der Waals surface area contributed by atoms with Gasteiger partial charge in [0.2, 0.25) is 5.90 Å². The molecule has 0 aliphatic heterocycles. The fourth-order valence-electron chi connectivity index (χ4n) is 0.894. The largest absolute Gasteiger partial charge is 0.478 e. The fraction of sp³-hybridized carbons (Fsp3) is 0.222. The Hall–Kier alpha value is -0.650. The lowest BCUT2D eigenvalue weighted by molar-refractivity contribution is 0.324. The van der Waals surface area contributed by atoms with Gasteiger partial charge >= 0.3 is 0 Å². The van der Waals surface area contributed by atoms with Crippen LogP contribution in [0.2, 0.25) is 0 Å². The third kappa shape index (κ3) is 2.65. The van der Waals surface area contributed by atoms with Crippen LogP contribution < -0.4 is 0 Å². The molecule has 70 valence electrons. The molecule has 4 heteroatoms. The van der Waals surface area contributed by atoms with Crippen LogP contribution >= 0.6 is 22.6 Å². The maximum absolute atomic E-state index is 13.1. The Morgan fingerprint density at radius 3 is 2.92 bits per heavy atom. The smallest absolute Gasteiger partial charge is 0.216 e. The Labute approximate surface area is 89.8 Å². The van der Waals surface area contributed by atoms with Crippen LogP contribution in [0.25, 0.3) is 0 Å². The summed E-state index contributed by atoms with van der Waals surface area (Å²) < 4.78 is 18.9. The normalized spacial score (nSPS) is 9.77. The van der Waals surface area contributed by atoms with Crippen molar-refractivity contribution in [3.05, 3.63) is 33.1 Å². The number of hydrogen-bond donors (Lipinski definition) is 1. The number of halogens is 2. The molecule has 1 N–H and O–H groups in total. The van der Waals surface area contributed by atoms with E-state index in [9.17, 15) is 4.39 Å². The van der Waals surface area contributed by atoms with Crippen LogP contribution in [0.15, 0.2) is 18.2 Å². The summed E-state index contributed by atoms with van der Waals surface area (Å²) in [5.41, 5.74) is 0.216. The predicted octanol–water partition coefficient (Wildman–Crippen LogP) is 2.79. The summed E-state index contributed by atoms with van der Waals surface area (Å²) in [7, 11) is 0. The lowest BCUT2D eigenvalue weighted by atomic mass is 10.2. The maximum atomic E-state index is 13.1. The Balaban J connectivity index is 2.99. The van der Waals surface area contributed by atoms with Crippen molar-refractivity contribution in [2.24, 2.45) is 0 Å². The molecule has 0 unspecified atom stereocenters. The molecule has 0 saturated carbocycles. The van der Waals surface area contributed by atoms with Gasteiger partial charge in [0, 0.05) is 3.57 Å². The molecule has 0 aromatic heterocycles. The molecule has 0 amide bonds. The third-order valence-corrected chi connectivity index (χ3v) is 2.13. The molecule has 0 heterocycles. The van der Waals surface area contributed by atoms with Crippen LogP contribution in [0.5, 0.6) is 0 Å². The summed E-state index contributed by atoms with van der Waals surface area (Å²) in [6.07, 6.45) is 0. The first-order valence-electron chi connectivity index (χ1n) is 3.82. The molecule has 0 saturated heterocycles. The van der Waals surface area contributed by atoms with Gasteiger partial charge in [-0.25, -0.2) is 4.39 Å². The van der Waals surface area contributed by atoms with E-state index < -0.39 is 5.82 Å². The molecule has 0 spiro atoms. The topological polar surface area (TPSA) is 33.1 Å². The van der Waals surface area contributed by atoms with Crippen LogP contribution in [-0.2, 0) is 4.74 Å². The van der Waals surface area contributed by atoms with E-state index in [1.54, 1.807) is 19.1 Å². The standard InChI is InChI=1S/C9H9FINO/c1-2-13-9(12)7-5-6(11)3-4-8(7)10/h3-5,12H,2H2,1H3. The molecular weight excluding hydrogens is 284 g/mol. The van der Waals surface area contributed by atoms with E-state index in [1.807, 2.05) is 0 Å². The van der Waals surface area contributed by atoms with Gasteiger partial charge in [0.1, 0.15) is 5.82 Å². The van der Waals surface area contributed by atoms with E-state index in [2.05, 4.69) is 22.6 Å². The van der Waals surface area contributed by atoms with Crippen LogP contribution in [0, 0.1) is 14.8 Å². The minimum absolute atomic E-state index is 0.112. The Morgan fingerprint density at radius 2 is 2.31 bits per heavy atom. The first kappa shape index (κ1) is 10.4. The number of nitrogens with one attached hydrogen (secondary N) is 1. The Bertz CT molecular complexity index is 327. The molecule has 0 radical (unpaired) electrons. The van der Waals surface area contributed by atoms with Crippen LogP contribution in [0.1, 0.15) is 12.5 Å². The first-order valence-corrected chi connectivity index (χ1v) is 4.89. The van der Waals surface area contributed by atoms with Gasteiger partial charge in [0.15, 0.2) is 0 Å². The molecule has 1 aromatic rings. The highest BCUT2D eigenvalue weighted by Gasteiger charge is 2.08. The zero-order valence-electron chi connectivity index (χ0n) is 7.10. The summed E-state index contributed by atoms with van der Waals surface area (Å²) in [4.78, 5) is 0. The van der Waals surface area contributed by atoms with Crippen LogP contribution in [-0.4, -0.2) is 12.5 Å². The van der Waals surface area contributed by atoms with E-state index in [1.165, 1.54) is 6.07 Å². The highest BCUT2D eigenvalue weighted by Crippen LogP contribution is 2.13. The molecule has 0 aliphatic carbocycles. The molecule has 0 aliphatic rings. The lowest BCUT2D eigenvalue weighted by Gasteiger charge is -2.05. The van der Waals surface area contributed by atoms with E-state index in [4.69, 9.17) is 10.1 Å². The second-order valence-corrected chi connectivity index (χ2v) is 3.63. The second-order valence-electron chi connectivity index (χ2n) is 2.39. The summed E-state index contributed by atoms with van der Waals surface area (Å²) in [6, 6.07) is 4.58. The SMILES string of the molecule is CCOC(=N)c1cc(I)ccc1F. The summed E-state index contributed by atoms with van der Waals surface area (Å²) in [6.45, 7) is 2.14. The highest BCUT2D eigenvalue weighted by molar-refractivity contribution is 14.1. The van der Waals surface area contributed by atoms with E-state index in [0.717, 1.165) is 3.57 Å². The van der Waals surface area contributed by atoms with Gasteiger partial charge in [-0.1, -0.05) is 0 Å². The molecule has 13 heavy (non-hydrogen) atoms. The summed E-state index contributed by atoms with van der Waals surface area (Å²) in [5, 5.41) is 7.40. The molecular formula is C9H9FINO. The van der Waals surface area contributed by atoms with Crippen LogP contribution in [0.3, 0.4) is 0 Å². The summed E-state index contributed by atoms with van der Waals surface area (Å²) in [5.74, 6) is -0.530. The van der Waals surface area contributed by atoms with E-state index >= 15 is 0 Å². The number of benzene rings is 1. The predicted molar refractivity (Wildman–Crippen MR) is 57.6 cm³/mol. The fourth-order valence-corrected chi connectivity index (χ4v) is 1.38. The highest BCUT2D eigenvalue weighted by atomic mass is 127. The molecule has 2 nitrogen and oxygen atoms in total. The zero-order chi connectivity index (χ0) is 9.84. The Kier molecular flexibility index (Phi) is 3.65. The van der Waals surface area contributed by atoms with E-state index in [0.29, 0.717) is 6.61 Å². The molecule has 0 atom stereocenters. The van der Waals surface area contributed by atoms with Crippen molar-refractivity contribution in [3.63, 3.8) is 0 Å². The van der Waals surface area contributed by atoms with Crippen molar-refractivity contribution in [2.45, 2.75) is 6.92 Å². The molecule has 1 aromatic carbocycles. The molecule has 0 fully saturated rings. The van der Waals surface area contributed by atoms with Gasteiger partial charge in [0.25, 0.3) is 0 Å². The number of hydrogen-bond acceptors (Lipinski definition) is 2. The number of rotatable bonds is 2. The van der Waals surface area contributed by atoms with Crippen molar-refractivity contribution < 1.29 is 9.13 Å². The van der Waals surface area contributed by atoms with Crippen LogP contribution in [0.4, 0.5) is 4.39 Å². The van der Waals surface area contributed by atoms with Gasteiger partial charge < -0.3 is 4.74 Å². The zero-order valence-corrected chi connectivity index (χ0v) is 9.26. The van der Waals surface area contributed by atoms with Crippen molar-refractivity contribution in [1.82, 2.24) is 0 Å². The van der Waals surface area contributed by atoms with Crippen molar-refractivity contribution in [3.8, 4) is 0 Å².